The molecule has 2 heterocycles. The van der Waals surface area contributed by atoms with Gasteiger partial charge in [0, 0.05) is 11.6 Å². The second kappa shape index (κ2) is 6.33. The van der Waals surface area contributed by atoms with Crippen molar-refractivity contribution in [1.82, 2.24) is 0 Å². The fourth-order valence-corrected chi connectivity index (χ4v) is 2.71. The van der Waals surface area contributed by atoms with Crippen LogP contribution < -0.4 is 15.9 Å². The van der Waals surface area contributed by atoms with E-state index < -0.39 is 23.9 Å². The molecular weight excluding hydrogens is 330 g/mol. The second-order valence-electron chi connectivity index (χ2n) is 5.29. The number of rotatable bonds is 3. The first-order valence-corrected chi connectivity index (χ1v) is 7.29. The Morgan fingerprint density at radius 1 is 1.36 bits per heavy atom. The van der Waals surface area contributed by atoms with Crippen LogP contribution in [0.25, 0.3) is 0 Å². The Balaban J connectivity index is 2.34. The van der Waals surface area contributed by atoms with E-state index in [0.717, 1.165) is 6.07 Å². The molecule has 25 heavy (non-hydrogen) atoms. The standard InChI is InChI=1S/C17H15NO7/c1-23-17(22)13-12(9-4-2-3-5-10(9)20)15-14(25-16(13)18)11(21)6-8(7-19)24-15/h2-6,12,19-20H,7,18H2,1H3/t12-/m1/s1. The van der Waals surface area contributed by atoms with Crippen molar-refractivity contribution in [3.05, 3.63) is 69.1 Å². The van der Waals surface area contributed by atoms with Crippen LogP contribution in [0, 0.1) is 0 Å². The van der Waals surface area contributed by atoms with E-state index in [1.54, 1.807) is 18.2 Å². The molecule has 0 amide bonds. The van der Waals surface area contributed by atoms with Gasteiger partial charge < -0.3 is 29.8 Å². The SMILES string of the molecule is COC(=O)C1=C(N)Oc2c(oc(CO)cc2=O)[C@@H]1c1ccccc1O. The molecule has 8 heteroatoms. The summed E-state index contributed by atoms with van der Waals surface area (Å²) in [6.07, 6.45) is 0. The molecule has 1 aromatic carbocycles. The number of ether oxygens (including phenoxy) is 2. The minimum Gasteiger partial charge on any atom is -0.508 e. The molecule has 1 aromatic heterocycles. The van der Waals surface area contributed by atoms with Crippen LogP contribution in [-0.2, 0) is 16.1 Å². The lowest BCUT2D eigenvalue weighted by molar-refractivity contribution is -0.136. The third-order valence-electron chi connectivity index (χ3n) is 3.82. The van der Waals surface area contributed by atoms with Gasteiger partial charge in [0.2, 0.25) is 17.1 Å². The van der Waals surface area contributed by atoms with Gasteiger partial charge in [-0.1, -0.05) is 18.2 Å². The summed E-state index contributed by atoms with van der Waals surface area (Å²) in [6.45, 7) is -0.525. The van der Waals surface area contributed by atoms with Crippen molar-refractivity contribution < 1.29 is 28.9 Å². The van der Waals surface area contributed by atoms with Crippen molar-refractivity contribution in [3.63, 3.8) is 0 Å². The van der Waals surface area contributed by atoms with Crippen molar-refractivity contribution in [2.24, 2.45) is 5.73 Å². The van der Waals surface area contributed by atoms with Crippen molar-refractivity contribution >= 4 is 5.97 Å². The zero-order valence-electron chi connectivity index (χ0n) is 13.2. The molecule has 130 valence electrons. The largest absolute Gasteiger partial charge is 0.508 e. The fraction of sp³-hybridized carbons (Fsp3) is 0.176. The predicted octanol–water partition coefficient (Wildman–Crippen LogP) is 0.705. The van der Waals surface area contributed by atoms with E-state index >= 15 is 0 Å². The highest BCUT2D eigenvalue weighted by Gasteiger charge is 2.40. The monoisotopic (exact) mass is 345 g/mol. The number of phenolic OH excluding ortho intramolecular Hbond substituents is 1. The van der Waals surface area contributed by atoms with Crippen LogP contribution in [0.15, 0.2) is 51.0 Å². The van der Waals surface area contributed by atoms with Crippen LogP contribution in [-0.4, -0.2) is 23.3 Å². The smallest absolute Gasteiger partial charge is 0.340 e. The molecule has 0 radical (unpaired) electrons. The first-order valence-electron chi connectivity index (χ1n) is 7.29. The topological polar surface area (TPSA) is 132 Å². The number of fused-ring (bicyclic) bond motifs is 1. The Kier molecular flexibility index (Phi) is 4.20. The average Bonchev–Trinajstić information content (AvgIpc) is 2.61. The van der Waals surface area contributed by atoms with Crippen molar-refractivity contribution in [1.29, 1.82) is 0 Å². The summed E-state index contributed by atoms with van der Waals surface area (Å²) in [4.78, 5) is 24.5. The van der Waals surface area contributed by atoms with Crippen LogP contribution in [0.2, 0.25) is 0 Å². The zero-order valence-corrected chi connectivity index (χ0v) is 13.2. The number of aliphatic hydroxyl groups is 1. The van der Waals surface area contributed by atoms with Crippen molar-refractivity contribution in [3.8, 4) is 11.5 Å². The van der Waals surface area contributed by atoms with E-state index in [2.05, 4.69) is 0 Å². The summed E-state index contributed by atoms with van der Waals surface area (Å²) >= 11 is 0. The molecular formula is C17H15NO7. The fourth-order valence-electron chi connectivity index (χ4n) is 2.71. The molecule has 1 aliphatic heterocycles. The Bertz CT molecular complexity index is 929. The van der Waals surface area contributed by atoms with Gasteiger partial charge in [-0.15, -0.1) is 0 Å². The number of aromatic hydroxyl groups is 1. The summed E-state index contributed by atoms with van der Waals surface area (Å²) in [6, 6.07) is 7.28. The maximum Gasteiger partial charge on any atom is 0.340 e. The maximum absolute atomic E-state index is 12.2. The molecule has 3 rings (SSSR count). The van der Waals surface area contributed by atoms with E-state index in [-0.39, 0.29) is 40.0 Å². The molecule has 0 spiro atoms. The van der Waals surface area contributed by atoms with Crippen molar-refractivity contribution in [2.45, 2.75) is 12.5 Å². The van der Waals surface area contributed by atoms with Gasteiger partial charge >= 0.3 is 5.97 Å². The Morgan fingerprint density at radius 2 is 2.08 bits per heavy atom. The van der Waals surface area contributed by atoms with E-state index in [4.69, 9.17) is 19.6 Å². The number of para-hydroxylation sites is 1. The van der Waals surface area contributed by atoms with Gasteiger partial charge in [-0.3, -0.25) is 4.79 Å². The van der Waals surface area contributed by atoms with Crippen LogP contribution in [0.5, 0.6) is 11.5 Å². The third kappa shape index (κ3) is 2.72. The molecule has 0 fully saturated rings. The first kappa shape index (κ1) is 16.6. The average molecular weight is 345 g/mol. The molecule has 1 aliphatic rings. The minimum absolute atomic E-state index is 0.0162. The number of aliphatic hydroxyl groups excluding tert-OH is 1. The highest BCUT2D eigenvalue weighted by atomic mass is 16.5. The summed E-state index contributed by atoms with van der Waals surface area (Å²) in [5, 5.41) is 19.5. The summed E-state index contributed by atoms with van der Waals surface area (Å²) in [7, 11) is 1.17. The molecule has 0 unspecified atom stereocenters. The molecule has 0 saturated carbocycles. The lowest BCUT2D eigenvalue weighted by atomic mass is 9.86. The molecule has 0 saturated heterocycles. The van der Waals surface area contributed by atoms with Gasteiger partial charge in [-0.25, -0.2) is 4.79 Å². The van der Waals surface area contributed by atoms with E-state index in [1.807, 2.05) is 0 Å². The quantitative estimate of drug-likeness (QED) is 0.693. The number of hydrogen-bond donors (Lipinski definition) is 3. The van der Waals surface area contributed by atoms with Gasteiger partial charge in [0.25, 0.3) is 0 Å². The molecule has 8 nitrogen and oxygen atoms in total. The first-order chi connectivity index (χ1) is 12.0. The van der Waals surface area contributed by atoms with Gasteiger partial charge in [0.15, 0.2) is 5.76 Å². The number of nitrogens with two attached hydrogens (primary N) is 1. The van der Waals surface area contributed by atoms with Crippen molar-refractivity contribution in [2.75, 3.05) is 7.11 Å². The lowest BCUT2D eigenvalue weighted by Gasteiger charge is -2.27. The number of hydrogen-bond acceptors (Lipinski definition) is 8. The van der Waals surface area contributed by atoms with Gasteiger partial charge in [0.05, 0.1) is 13.0 Å². The number of carbonyl (C=O) groups is 1. The van der Waals surface area contributed by atoms with Gasteiger partial charge in [-0.2, -0.15) is 0 Å². The Labute approximate surface area is 141 Å². The number of carbonyl (C=O) groups excluding carboxylic acids is 1. The van der Waals surface area contributed by atoms with Crippen LogP contribution in [0.1, 0.15) is 23.0 Å². The Hall–Kier alpha value is -3.26. The normalized spacial score (nSPS) is 16.2. The molecule has 4 N–H and O–H groups in total. The highest BCUT2D eigenvalue weighted by molar-refractivity contribution is 5.92. The van der Waals surface area contributed by atoms with Crippen LogP contribution >= 0.6 is 0 Å². The minimum atomic E-state index is -1.03. The van der Waals surface area contributed by atoms with Gasteiger partial charge in [0.1, 0.15) is 23.7 Å². The molecule has 2 aromatic rings. The summed E-state index contributed by atoms with van der Waals surface area (Å²) in [5.41, 5.74) is 5.42. The van der Waals surface area contributed by atoms with E-state index in [0.29, 0.717) is 0 Å². The number of benzene rings is 1. The summed E-state index contributed by atoms with van der Waals surface area (Å²) < 4.78 is 15.6. The number of phenols is 1. The lowest BCUT2D eigenvalue weighted by Crippen LogP contribution is -2.29. The maximum atomic E-state index is 12.2. The van der Waals surface area contributed by atoms with Gasteiger partial charge in [-0.05, 0) is 6.07 Å². The molecule has 1 atom stereocenters. The second-order valence-corrected chi connectivity index (χ2v) is 5.29. The Morgan fingerprint density at radius 3 is 2.72 bits per heavy atom. The zero-order chi connectivity index (χ0) is 18.1. The highest BCUT2D eigenvalue weighted by Crippen LogP contribution is 2.44. The number of methoxy groups -OCH3 is 1. The predicted molar refractivity (Wildman–Crippen MR) is 84.7 cm³/mol. The third-order valence-corrected chi connectivity index (χ3v) is 3.82. The summed E-state index contributed by atoms with van der Waals surface area (Å²) in [5.74, 6) is -2.56. The molecule has 0 bridgehead atoms. The molecule has 0 aliphatic carbocycles. The van der Waals surface area contributed by atoms with E-state index in [9.17, 15) is 19.8 Å². The number of esters is 1. The van der Waals surface area contributed by atoms with E-state index in [1.165, 1.54) is 13.2 Å². The van der Waals surface area contributed by atoms with Crippen LogP contribution in [0.3, 0.4) is 0 Å². The van der Waals surface area contributed by atoms with Crippen LogP contribution in [0.4, 0.5) is 0 Å².